The van der Waals surface area contributed by atoms with Crippen molar-refractivity contribution in [3.63, 3.8) is 0 Å². The molecule has 3 heteroatoms. The van der Waals surface area contributed by atoms with Crippen LogP contribution in [-0.4, -0.2) is 25.6 Å². The van der Waals surface area contributed by atoms with Gasteiger partial charge in [-0.3, -0.25) is 4.99 Å². The Balaban J connectivity index is 1.66. The summed E-state index contributed by atoms with van der Waals surface area (Å²) < 4.78 is 0. The van der Waals surface area contributed by atoms with Gasteiger partial charge in [-0.15, -0.1) is 0 Å². The number of nitrogens with zero attached hydrogens (tertiary/aromatic N) is 1. The fraction of sp³-hybridized carbons (Fsp3) is 0.611. The Morgan fingerprint density at radius 2 is 1.86 bits per heavy atom. The van der Waals surface area contributed by atoms with Gasteiger partial charge in [0.2, 0.25) is 0 Å². The SMILES string of the molecule is c1ccc(CC2(CNC3=NCCCN3)CCCCC2)cc1. The molecule has 21 heavy (non-hydrogen) atoms. The van der Waals surface area contributed by atoms with Crippen molar-refractivity contribution in [3.8, 4) is 0 Å². The smallest absolute Gasteiger partial charge is 0.191 e. The fourth-order valence-corrected chi connectivity index (χ4v) is 3.67. The highest BCUT2D eigenvalue weighted by Gasteiger charge is 2.32. The van der Waals surface area contributed by atoms with Crippen LogP contribution in [0.25, 0.3) is 0 Å². The van der Waals surface area contributed by atoms with Gasteiger partial charge in [0.1, 0.15) is 0 Å². The number of aliphatic imine (C=N–C) groups is 1. The maximum atomic E-state index is 4.55. The molecule has 114 valence electrons. The predicted octanol–water partition coefficient (Wildman–Crippen LogP) is 3.12. The molecule has 0 spiro atoms. The van der Waals surface area contributed by atoms with Crippen molar-refractivity contribution in [1.82, 2.24) is 10.6 Å². The summed E-state index contributed by atoms with van der Waals surface area (Å²) in [6.45, 7) is 3.06. The third kappa shape index (κ3) is 3.99. The minimum atomic E-state index is 0.404. The molecule has 1 aliphatic heterocycles. The summed E-state index contributed by atoms with van der Waals surface area (Å²) in [5.74, 6) is 1.01. The average Bonchev–Trinajstić information content (AvgIpc) is 2.56. The lowest BCUT2D eigenvalue weighted by molar-refractivity contribution is 0.189. The lowest BCUT2D eigenvalue weighted by atomic mass is 9.70. The van der Waals surface area contributed by atoms with E-state index in [1.54, 1.807) is 0 Å². The lowest BCUT2D eigenvalue weighted by Crippen LogP contribution is -2.47. The number of nitrogens with one attached hydrogen (secondary N) is 2. The third-order valence-corrected chi connectivity index (χ3v) is 4.86. The Hall–Kier alpha value is -1.51. The molecule has 1 heterocycles. The summed E-state index contributed by atoms with van der Waals surface area (Å²) >= 11 is 0. The van der Waals surface area contributed by atoms with E-state index < -0.39 is 0 Å². The second-order valence-electron chi connectivity index (χ2n) is 6.59. The van der Waals surface area contributed by atoms with Gasteiger partial charge >= 0.3 is 0 Å². The molecule has 1 saturated carbocycles. The Labute approximate surface area is 128 Å². The van der Waals surface area contributed by atoms with Crippen LogP contribution >= 0.6 is 0 Å². The second-order valence-corrected chi connectivity index (χ2v) is 6.59. The molecule has 1 aromatic rings. The van der Waals surface area contributed by atoms with E-state index in [-0.39, 0.29) is 0 Å². The van der Waals surface area contributed by atoms with E-state index in [2.05, 4.69) is 46.0 Å². The highest BCUT2D eigenvalue weighted by atomic mass is 15.2. The number of hydrogen-bond acceptors (Lipinski definition) is 3. The zero-order valence-corrected chi connectivity index (χ0v) is 12.9. The van der Waals surface area contributed by atoms with E-state index in [0.29, 0.717) is 5.41 Å². The molecule has 2 N–H and O–H groups in total. The van der Waals surface area contributed by atoms with Gasteiger partial charge in [-0.1, -0.05) is 49.6 Å². The third-order valence-electron chi connectivity index (χ3n) is 4.86. The van der Waals surface area contributed by atoms with Crippen LogP contribution in [0.15, 0.2) is 35.3 Å². The molecule has 1 fully saturated rings. The summed E-state index contributed by atoms with van der Waals surface area (Å²) in [5.41, 5.74) is 1.88. The maximum Gasteiger partial charge on any atom is 0.191 e. The number of guanidine groups is 1. The van der Waals surface area contributed by atoms with E-state index in [1.165, 1.54) is 44.1 Å². The summed E-state index contributed by atoms with van der Waals surface area (Å²) in [4.78, 5) is 4.55. The van der Waals surface area contributed by atoms with Crippen LogP contribution < -0.4 is 10.6 Å². The van der Waals surface area contributed by atoms with Crippen LogP contribution in [0.3, 0.4) is 0 Å². The molecule has 3 nitrogen and oxygen atoms in total. The summed E-state index contributed by atoms with van der Waals surface area (Å²) in [5, 5.41) is 6.97. The first-order chi connectivity index (χ1) is 10.4. The van der Waals surface area contributed by atoms with Crippen LogP contribution in [0.4, 0.5) is 0 Å². The summed E-state index contributed by atoms with van der Waals surface area (Å²) in [6.07, 6.45) is 9.15. The van der Waals surface area contributed by atoms with E-state index in [0.717, 1.165) is 32.0 Å². The van der Waals surface area contributed by atoms with Crippen molar-refractivity contribution in [2.24, 2.45) is 10.4 Å². The molecular formula is C18H27N3. The predicted molar refractivity (Wildman–Crippen MR) is 88.6 cm³/mol. The van der Waals surface area contributed by atoms with Crippen molar-refractivity contribution in [1.29, 1.82) is 0 Å². The monoisotopic (exact) mass is 285 g/mol. The van der Waals surface area contributed by atoms with E-state index in [4.69, 9.17) is 0 Å². The Morgan fingerprint density at radius 1 is 1.05 bits per heavy atom. The number of hydrogen-bond donors (Lipinski definition) is 2. The molecule has 0 bridgehead atoms. The molecule has 0 radical (unpaired) electrons. The highest BCUT2D eigenvalue weighted by molar-refractivity contribution is 5.80. The standard InChI is InChI=1S/C18H27N3/c1-3-8-16(9-4-1)14-18(10-5-2-6-11-18)15-21-17-19-12-7-13-20-17/h1,3-4,8-9H,2,5-7,10-15H2,(H2,19,20,21). The summed E-state index contributed by atoms with van der Waals surface area (Å²) in [7, 11) is 0. The van der Waals surface area contributed by atoms with Gasteiger partial charge in [0.25, 0.3) is 0 Å². The molecular weight excluding hydrogens is 258 g/mol. The van der Waals surface area contributed by atoms with Gasteiger partial charge in [0, 0.05) is 19.6 Å². The van der Waals surface area contributed by atoms with Gasteiger partial charge in [-0.2, -0.15) is 0 Å². The van der Waals surface area contributed by atoms with Gasteiger partial charge in [0.15, 0.2) is 5.96 Å². The van der Waals surface area contributed by atoms with Gasteiger partial charge in [-0.25, -0.2) is 0 Å². The molecule has 0 atom stereocenters. The first kappa shape index (κ1) is 14.4. The molecule has 0 saturated heterocycles. The molecule has 2 aliphatic rings. The van der Waals surface area contributed by atoms with Crippen molar-refractivity contribution >= 4 is 5.96 Å². The van der Waals surface area contributed by atoms with Crippen molar-refractivity contribution < 1.29 is 0 Å². The molecule has 3 rings (SSSR count). The number of benzene rings is 1. The van der Waals surface area contributed by atoms with E-state index in [1.807, 2.05) is 0 Å². The van der Waals surface area contributed by atoms with Crippen LogP contribution in [0, 0.1) is 5.41 Å². The molecule has 0 aromatic heterocycles. The zero-order chi connectivity index (χ0) is 14.4. The van der Waals surface area contributed by atoms with Crippen molar-refractivity contribution in [2.75, 3.05) is 19.6 Å². The Morgan fingerprint density at radius 3 is 2.57 bits per heavy atom. The van der Waals surface area contributed by atoms with Gasteiger partial charge in [0.05, 0.1) is 0 Å². The lowest BCUT2D eigenvalue weighted by Gasteiger charge is -2.38. The topological polar surface area (TPSA) is 36.4 Å². The van der Waals surface area contributed by atoms with Crippen LogP contribution in [0.1, 0.15) is 44.1 Å². The normalized spacial score (nSPS) is 21.2. The molecule has 1 aliphatic carbocycles. The second kappa shape index (κ2) is 6.97. The minimum Gasteiger partial charge on any atom is -0.356 e. The Kier molecular flexibility index (Phi) is 4.79. The Bertz CT molecular complexity index is 461. The molecule has 0 amide bonds. The van der Waals surface area contributed by atoms with Crippen LogP contribution in [0.5, 0.6) is 0 Å². The molecule has 1 aromatic carbocycles. The fourth-order valence-electron chi connectivity index (χ4n) is 3.67. The quantitative estimate of drug-likeness (QED) is 0.892. The van der Waals surface area contributed by atoms with Crippen LogP contribution in [-0.2, 0) is 6.42 Å². The zero-order valence-electron chi connectivity index (χ0n) is 12.9. The minimum absolute atomic E-state index is 0.404. The number of rotatable bonds is 4. The first-order valence-corrected chi connectivity index (χ1v) is 8.43. The molecule has 0 unspecified atom stereocenters. The van der Waals surface area contributed by atoms with E-state index in [9.17, 15) is 0 Å². The van der Waals surface area contributed by atoms with Crippen molar-refractivity contribution in [2.45, 2.75) is 44.9 Å². The maximum absolute atomic E-state index is 4.55. The first-order valence-electron chi connectivity index (χ1n) is 8.43. The summed E-state index contributed by atoms with van der Waals surface area (Å²) in [6, 6.07) is 11.0. The van der Waals surface area contributed by atoms with Crippen molar-refractivity contribution in [3.05, 3.63) is 35.9 Å². The largest absolute Gasteiger partial charge is 0.356 e. The van der Waals surface area contributed by atoms with Crippen LogP contribution in [0.2, 0.25) is 0 Å². The highest BCUT2D eigenvalue weighted by Crippen LogP contribution is 2.38. The average molecular weight is 285 g/mol. The van der Waals surface area contributed by atoms with Gasteiger partial charge in [-0.05, 0) is 36.7 Å². The van der Waals surface area contributed by atoms with Gasteiger partial charge < -0.3 is 10.6 Å². The van der Waals surface area contributed by atoms with E-state index >= 15 is 0 Å².